The van der Waals surface area contributed by atoms with Gasteiger partial charge in [-0.3, -0.25) is 29.8 Å². The standard InChI is InChI=1S/C34H36N6O13S/c1-16-27-25(17(2)41)31(43)38(27)28(32(44)45)29(16)54-22-11-24(37(13-22)34(47)53-15-19-5-9-21(10-6-19)40(50)51)23-12-35-30(42)26(23)36-33(46)52-14-18-3-7-20(8-4-18)39(48)49/h3-10,16-17,22-27,41H,11-15H2,1-2H3,(H,35,42)(H,36,46)(H,44,45)/t16-,17-,22+,23?,24+,25-,26?,27-/m1/s1. The van der Waals surface area contributed by atoms with Crippen molar-refractivity contribution in [1.82, 2.24) is 20.4 Å². The number of nitrogens with one attached hydrogen (secondary N) is 2. The van der Waals surface area contributed by atoms with Crippen LogP contribution >= 0.6 is 11.8 Å². The quantitative estimate of drug-likeness (QED) is 0.137. The number of carboxylic acid groups (broad SMARTS) is 1. The van der Waals surface area contributed by atoms with Crippen LogP contribution in [0.3, 0.4) is 0 Å². The highest BCUT2D eigenvalue weighted by molar-refractivity contribution is 8.03. The van der Waals surface area contributed by atoms with Gasteiger partial charge in [-0.1, -0.05) is 6.92 Å². The van der Waals surface area contributed by atoms with Crippen molar-refractivity contribution in [2.75, 3.05) is 13.1 Å². The fourth-order valence-corrected chi connectivity index (χ4v) is 9.07. The number of carboxylic acids is 1. The molecule has 286 valence electrons. The number of ether oxygens (including phenoxy) is 2. The molecule has 3 saturated heterocycles. The molecule has 3 fully saturated rings. The number of rotatable bonds is 12. The summed E-state index contributed by atoms with van der Waals surface area (Å²) in [5.74, 6) is -4.22. The van der Waals surface area contributed by atoms with Gasteiger partial charge in [-0.2, -0.15) is 0 Å². The van der Waals surface area contributed by atoms with Gasteiger partial charge in [0.15, 0.2) is 0 Å². The van der Waals surface area contributed by atoms with E-state index in [2.05, 4.69) is 10.6 Å². The zero-order valence-electron chi connectivity index (χ0n) is 28.9. The highest BCUT2D eigenvalue weighted by Gasteiger charge is 2.60. The lowest BCUT2D eigenvalue weighted by Gasteiger charge is -2.46. The van der Waals surface area contributed by atoms with E-state index in [0.717, 1.165) is 0 Å². The number of aliphatic hydroxyl groups is 1. The number of carbonyl (C=O) groups excluding carboxylic acids is 4. The predicted molar refractivity (Wildman–Crippen MR) is 186 cm³/mol. The monoisotopic (exact) mass is 768 g/mol. The lowest BCUT2D eigenvalue weighted by Crippen LogP contribution is -2.63. The molecule has 6 rings (SSSR count). The number of nitro groups is 2. The third kappa shape index (κ3) is 7.38. The zero-order valence-corrected chi connectivity index (χ0v) is 29.7. The second-order valence-electron chi connectivity index (χ2n) is 13.5. The number of fused-ring (bicyclic) bond motifs is 1. The van der Waals surface area contributed by atoms with Gasteiger partial charge >= 0.3 is 18.2 Å². The Balaban J connectivity index is 1.20. The number of alkyl carbamates (subject to hydrolysis) is 1. The van der Waals surface area contributed by atoms with Gasteiger partial charge in [0, 0.05) is 65.4 Å². The summed E-state index contributed by atoms with van der Waals surface area (Å²) in [6.45, 7) is 2.87. The maximum atomic E-state index is 13.7. The molecule has 0 radical (unpaired) electrons. The first-order valence-electron chi connectivity index (χ1n) is 16.9. The Morgan fingerprint density at radius 1 is 1.00 bits per heavy atom. The number of nitrogens with zero attached hydrogens (tertiary/aromatic N) is 4. The van der Waals surface area contributed by atoms with E-state index in [4.69, 9.17) is 9.47 Å². The van der Waals surface area contributed by atoms with Gasteiger partial charge in [0.05, 0.1) is 27.9 Å². The predicted octanol–water partition coefficient (Wildman–Crippen LogP) is 2.51. The Bertz CT molecular complexity index is 1910. The molecule has 19 nitrogen and oxygen atoms in total. The summed E-state index contributed by atoms with van der Waals surface area (Å²) in [5, 5.41) is 47.2. The normalized spacial score (nSPS) is 26.5. The minimum atomic E-state index is -1.31. The molecule has 8 atom stereocenters. The number of hydrogen-bond acceptors (Lipinski definition) is 13. The van der Waals surface area contributed by atoms with Crippen molar-refractivity contribution in [1.29, 1.82) is 0 Å². The summed E-state index contributed by atoms with van der Waals surface area (Å²) >= 11 is 1.20. The van der Waals surface area contributed by atoms with Crippen molar-refractivity contribution in [3.8, 4) is 0 Å². The van der Waals surface area contributed by atoms with E-state index in [1.807, 2.05) is 0 Å². The topological polar surface area (TPSA) is 261 Å². The average molecular weight is 769 g/mol. The van der Waals surface area contributed by atoms with Crippen molar-refractivity contribution < 1.29 is 53.5 Å². The number of likely N-dealkylation sites (tertiary alicyclic amines) is 1. The minimum Gasteiger partial charge on any atom is -0.477 e. The Morgan fingerprint density at radius 3 is 2.11 bits per heavy atom. The van der Waals surface area contributed by atoms with Gasteiger partial charge < -0.3 is 40.1 Å². The smallest absolute Gasteiger partial charge is 0.410 e. The molecule has 2 unspecified atom stereocenters. The zero-order chi connectivity index (χ0) is 39.0. The van der Waals surface area contributed by atoms with Crippen molar-refractivity contribution in [2.45, 2.75) is 63.0 Å². The summed E-state index contributed by atoms with van der Waals surface area (Å²) in [4.78, 5) is 89.0. The fourth-order valence-electron chi connectivity index (χ4n) is 7.53. The van der Waals surface area contributed by atoms with Gasteiger partial charge in [0.2, 0.25) is 11.8 Å². The molecule has 2 aromatic carbocycles. The molecule has 0 bridgehead atoms. The van der Waals surface area contributed by atoms with Gasteiger partial charge in [-0.05, 0) is 48.7 Å². The molecular weight excluding hydrogens is 732 g/mol. The second-order valence-corrected chi connectivity index (χ2v) is 14.8. The molecule has 4 aliphatic rings. The number of aliphatic hydroxyl groups excluding tert-OH is 1. The van der Waals surface area contributed by atoms with Crippen LogP contribution in [0.15, 0.2) is 59.1 Å². The van der Waals surface area contributed by atoms with Crippen LogP contribution in [0.1, 0.15) is 31.4 Å². The lowest BCUT2D eigenvalue weighted by atomic mass is 9.79. The van der Waals surface area contributed by atoms with Gasteiger partial charge in [0.1, 0.15) is 25.0 Å². The summed E-state index contributed by atoms with van der Waals surface area (Å²) in [7, 11) is 0. The number of β-lactam (4-membered cyclic amide) rings is 1. The largest absolute Gasteiger partial charge is 0.477 e. The van der Waals surface area contributed by atoms with E-state index in [1.165, 1.54) is 77.0 Å². The number of nitro benzene ring substituents is 2. The van der Waals surface area contributed by atoms with Crippen LogP contribution in [0.4, 0.5) is 21.0 Å². The first kappa shape index (κ1) is 38.0. The first-order valence-corrected chi connectivity index (χ1v) is 17.8. The fraction of sp³-hybridized carbons (Fsp3) is 0.441. The molecule has 4 aliphatic heterocycles. The van der Waals surface area contributed by atoms with Gasteiger partial charge in [-0.15, -0.1) is 11.8 Å². The highest BCUT2D eigenvalue weighted by atomic mass is 32.2. The summed E-state index contributed by atoms with van der Waals surface area (Å²) in [6.07, 6.45) is -2.49. The number of amides is 4. The van der Waals surface area contributed by atoms with Crippen LogP contribution in [0, 0.1) is 38.0 Å². The summed E-state index contributed by atoms with van der Waals surface area (Å²) < 4.78 is 10.9. The van der Waals surface area contributed by atoms with Gasteiger partial charge in [-0.25, -0.2) is 14.4 Å². The van der Waals surface area contributed by atoms with E-state index in [0.29, 0.717) is 16.0 Å². The van der Waals surface area contributed by atoms with Crippen LogP contribution in [0.25, 0.3) is 0 Å². The number of aliphatic carboxylic acids is 1. The Hall–Kier alpha value is -5.76. The molecule has 0 aromatic heterocycles. The first-order chi connectivity index (χ1) is 25.7. The maximum absolute atomic E-state index is 13.7. The summed E-state index contributed by atoms with van der Waals surface area (Å²) in [5.41, 5.74) is 0.473. The highest BCUT2D eigenvalue weighted by Crippen LogP contribution is 2.52. The van der Waals surface area contributed by atoms with E-state index < -0.39 is 87.0 Å². The van der Waals surface area contributed by atoms with Crippen LogP contribution in [0.5, 0.6) is 0 Å². The average Bonchev–Trinajstić information content (AvgIpc) is 3.78. The molecule has 4 N–H and O–H groups in total. The van der Waals surface area contributed by atoms with Crippen molar-refractivity contribution in [3.63, 3.8) is 0 Å². The number of hydrogen-bond donors (Lipinski definition) is 4. The van der Waals surface area contributed by atoms with Gasteiger partial charge in [0.25, 0.3) is 11.4 Å². The molecule has 54 heavy (non-hydrogen) atoms. The number of benzene rings is 2. The molecule has 0 saturated carbocycles. The van der Waals surface area contributed by atoms with Crippen LogP contribution in [-0.2, 0) is 37.1 Å². The number of thioether (sulfide) groups is 1. The Kier molecular flexibility index (Phi) is 10.8. The summed E-state index contributed by atoms with van der Waals surface area (Å²) in [6, 6.07) is 8.37. The van der Waals surface area contributed by atoms with E-state index in [-0.39, 0.29) is 49.8 Å². The number of non-ortho nitro benzene ring substituents is 2. The lowest BCUT2D eigenvalue weighted by molar-refractivity contribution is -0.385. The Labute approximate surface area is 310 Å². The van der Waals surface area contributed by atoms with Crippen LogP contribution < -0.4 is 10.6 Å². The third-order valence-electron chi connectivity index (χ3n) is 10.2. The molecule has 4 heterocycles. The van der Waals surface area contributed by atoms with Crippen molar-refractivity contribution in [2.24, 2.45) is 17.8 Å². The molecule has 0 spiro atoms. The van der Waals surface area contributed by atoms with Crippen molar-refractivity contribution in [3.05, 3.63) is 90.5 Å². The van der Waals surface area contributed by atoms with Crippen LogP contribution in [-0.4, -0.2) is 102 Å². The van der Waals surface area contributed by atoms with Crippen LogP contribution in [0.2, 0.25) is 0 Å². The maximum Gasteiger partial charge on any atom is 0.410 e. The molecule has 20 heteroatoms. The molecular formula is C34H36N6O13S. The van der Waals surface area contributed by atoms with Crippen molar-refractivity contribution >= 4 is 53.1 Å². The van der Waals surface area contributed by atoms with E-state index in [1.54, 1.807) is 6.92 Å². The third-order valence-corrected chi connectivity index (χ3v) is 11.7. The second kappa shape index (κ2) is 15.3. The minimum absolute atomic E-state index is 0.0397. The Morgan fingerprint density at radius 2 is 1.57 bits per heavy atom. The number of carbonyl (C=O) groups is 5. The molecule has 2 aromatic rings. The molecule has 0 aliphatic carbocycles. The SMILES string of the molecule is C[C@@H](O)[C@H]1C(=O)N2C(C(=O)O)=C(S[C@H]3C[C@@H](C4CNC(=O)C4NC(=O)OCc4ccc([N+](=O)[O-])cc4)N(C(=O)OCc4ccc([N+](=O)[O-])cc4)C3)[C@H](C)[C@H]12. The van der Waals surface area contributed by atoms with E-state index >= 15 is 0 Å². The van der Waals surface area contributed by atoms with E-state index in [9.17, 15) is 54.4 Å². The molecule has 4 amide bonds.